The Labute approximate surface area is 164 Å². The van der Waals surface area contributed by atoms with E-state index in [1.54, 1.807) is 11.0 Å². The highest BCUT2D eigenvalue weighted by atomic mass is 32.1. The van der Waals surface area contributed by atoms with Crippen LogP contribution in [-0.2, 0) is 4.79 Å². The number of fused-ring (bicyclic) bond motifs is 1. The highest BCUT2D eigenvalue weighted by Crippen LogP contribution is 2.32. The Bertz CT molecular complexity index is 1040. The molecule has 0 aliphatic carbocycles. The van der Waals surface area contributed by atoms with Crippen molar-refractivity contribution in [2.24, 2.45) is 10.2 Å². The lowest BCUT2D eigenvalue weighted by molar-refractivity contribution is -0.384. The van der Waals surface area contributed by atoms with Gasteiger partial charge in [0.2, 0.25) is 11.5 Å². The summed E-state index contributed by atoms with van der Waals surface area (Å²) >= 11 is 1.26. The molecule has 1 aliphatic heterocycles. The fourth-order valence-electron chi connectivity index (χ4n) is 2.97. The maximum atomic E-state index is 10.9. The first-order valence-electron chi connectivity index (χ1n) is 8.63. The fraction of sp³-hybridized carbons (Fsp3) is 0.222. The maximum Gasteiger partial charge on any atom is 0.270 e. The van der Waals surface area contributed by atoms with Crippen LogP contribution in [0.2, 0.25) is 0 Å². The number of carbonyl (C=O) groups is 1. The van der Waals surface area contributed by atoms with Gasteiger partial charge in [-0.3, -0.25) is 14.9 Å². The van der Waals surface area contributed by atoms with Crippen LogP contribution in [0.15, 0.2) is 52.7 Å². The number of hydrogen-bond donors (Lipinski definition) is 0. The summed E-state index contributed by atoms with van der Waals surface area (Å²) in [6.45, 7) is 3.05. The average Bonchev–Trinajstić information content (AvgIpc) is 3.15. The van der Waals surface area contributed by atoms with Crippen LogP contribution >= 0.6 is 11.3 Å². The molecule has 2 aromatic carbocycles. The number of aromatic nitrogens is 1. The number of benzene rings is 2. The van der Waals surface area contributed by atoms with Crippen molar-refractivity contribution in [3.63, 3.8) is 0 Å². The summed E-state index contributed by atoms with van der Waals surface area (Å²) in [6.07, 6.45) is 0.890. The molecule has 9 nitrogen and oxygen atoms in total. The normalized spacial score (nSPS) is 14.7. The van der Waals surface area contributed by atoms with Crippen molar-refractivity contribution < 1.29 is 9.72 Å². The van der Waals surface area contributed by atoms with E-state index in [-0.39, 0.29) is 5.69 Å². The third kappa shape index (κ3) is 3.81. The molecule has 1 amide bonds. The number of carbonyl (C=O) groups excluding carboxylic acids is 1. The third-order valence-electron chi connectivity index (χ3n) is 4.50. The number of hydrogen-bond acceptors (Lipinski definition) is 8. The number of thiazole rings is 1. The van der Waals surface area contributed by atoms with Gasteiger partial charge in [0.15, 0.2) is 0 Å². The molecule has 1 fully saturated rings. The number of non-ortho nitro benzene ring substituents is 1. The number of nitro groups is 1. The van der Waals surface area contributed by atoms with Crippen LogP contribution in [0.1, 0.15) is 0 Å². The van der Waals surface area contributed by atoms with Gasteiger partial charge in [-0.1, -0.05) is 11.3 Å². The molecule has 10 heteroatoms. The minimum atomic E-state index is -0.430. The van der Waals surface area contributed by atoms with Gasteiger partial charge < -0.3 is 9.80 Å². The topological polar surface area (TPSA) is 104 Å². The Balaban J connectivity index is 1.45. The smallest absolute Gasteiger partial charge is 0.270 e. The molecule has 0 radical (unpaired) electrons. The largest absolute Gasteiger partial charge is 0.368 e. The maximum absolute atomic E-state index is 10.9. The van der Waals surface area contributed by atoms with Gasteiger partial charge in [-0.15, -0.1) is 10.2 Å². The summed E-state index contributed by atoms with van der Waals surface area (Å²) in [7, 11) is 0. The zero-order chi connectivity index (χ0) is 19.5. The molecular weight excluding hydrogens is 380 g/mol. The predicted octanol–water partition coefficient (Wildman–Crippen LogP) is 3.90. The Morgan fingerprint density at radius 2 is 1.82 bits per heavy atom. The molecule has 2 heterocycles. The zero-order valence-electron chi connectivity index (χ0n) is 14.8. The quantitative estimate of drug-likeness (QED) is 0.281. The van der Waals surface area contributed by atoms with Crippen molar-refractivity contribution in [1.82, 2.24) is 9.88 Å². The zero-order valence-corrected chi connectivity index (χ0v) is 15.6. The number of piperazine rings is 1. The van der Waals surface area contributed by atoms with Gasteiger partial charge in [-0.05, 0) is 30.3 Å². The van der Waals surface area contributed by atoms with Crippen LogP contribution in [0.25, 0.3) is 10.2 Å². The first-order valence-corrected chi connectivity index (χ1v) is 9.45. The lowest BCUT2D eigenvalue weighted by Gasteiger charge is -2.34. The van der Waals surface area contributed by atoms with Crippen molar-refractivity contribution in [2.45, 2.75) is 0 Å². The van der Waals surface area contributed by atoms with Crippen LogP contribution in [0.4, 0.5) is 22.2 Å². The van der Waals surface area contributed by atoms with E-state index in [0.29, 0.717) is 21.0 Å². The number of nitrogens with zero attached hydrogens (tertiary/aromatic N) is 6. The van der Waals surface area contributed by atoms with Crippen LogP contribution in [0, 0.1) is 10.1 Å². The molecule has 4 rings (SSSR count). The fourth-order valence-corrected chi connectivity index (χ4v) is 3.79. The van der Waals surface area contributed by atoms with E-state index in [1.165, 1.54) is 23.5 Å². The molecule has 0 saturated carbocycles. The summed E-state index contributed by atoms with van der Waals surface area (Å²) in [6, 6.07) is 12.2. The second kappa shape index (κ2) is 7.69. The van der Waals surface area contributed by atoms with Gasteiger partial charge in [0.1, 0.15) is 0 Å². The van der Waals surface area contributed by atoms with E-state index in [2.05, 4.69) is 20.1 Å². The second-order valence-corrected chi connectivity index (χ2v) is 7.26. The molecule has 1 aliphatic rings. The summed E-state index contributed by atoms with van der Waals surface area (Å²) in [5, 5.41) is 19.7. The van der Waals surface area contributed by atoms with Crippen LogP contribution in [-0.4, -0.2) is 47.4 Å². The Morgan fingerprint density at radius 1 is 1.07 bits per heavy atom. The number of azo groups is 1. The van der Waals surface area contributed by atoms with Crippen molar-refractivity contribution in [3.05, 3.63) is 52.6 Å². The second-order valence-electron chi connectivity index (χ2n) is 6.25. The van der Waals surface area contributed by atoms with Crippen LogP contribution in [0.5, 0.6) is 0 Å². The SMILES string of the molecule is O=CN1CCN(c2ccc(N=Nc3nc4ccc([N+](=O)[O-])cc4s3)cc2)CC1. The van der Waals surface area contributed by atoms with Crippen LogP contribution < -0.4 is 4.90 Å². The van der Waals surface area contributed by atoms with Crippen molar-refractivity contribution in [2.75, 3.05) is 31.1 Å². The molecule has 142 valence electrons. The van der Waals surface area contributed by atoms with E-state index >= 15 is 0 Å². The average molecular weight is 396 g/mol. The summed E-state index contributed by atoms with van der Waals surface area (Å²) in [5.74, 6) is 0. The van der Waals surface area contributed by atoms with E-state index < -0.39 is 4.92 Å². The van der Waals surface area contributed by atoms with Gasteiger partial charge in [0, 0.05) is 44.0 Å². The van der Waals surface area contributed by atoms with Crippen molar-refractivity contribution >= 4 is 50.2 Å². The molecular formula is C18H16N6O3S. The standard InChI is InChI=1S/C18H16N6O3S/c25-12-22-7-9-23(10-8-22)14-3-1-13(2-4-14)20-21-18-19-16-6-5-15(24(26)27)11-17(16)28-18/h1-6,11-12H,7-10H2. The monoisotopic (exact) mass is 396 g/mol. The first-order chi connectivity index (χ1) is 13.6. The highest BCUT2D eigenvalue weighted by Gasteiger charge is 2.15. The summed E-state index contributed by atoms with van der Waals surface area (Å²) in [4.78, 5) is 29.5. The van der Waals surface area contributed by atoms with E-state index in [1.807, 2.05) is 24.3 Å². The summed E-state index contributed by atoms with van der Waals surface area (Å²) in [5.41, 5.74) is 2.47. The molecule has 1 saturated heterocycles. The van der Waals surface area contributed by atoms with Gasteiger partial charge in [-0.2, -0.15) is 0 Å². The lowest BCUT2D eigenvalue weighted by Crippen LogP contribution is -2.45. The van der Waals surface area contributed by atoms with Crippen LogP contribution in [0.3, 0.4) is 0 Å². The Kier molecular flexibility index (Phi) is 4.94. The van der Waals surface area contributed by atoms with E-state index in [0.717, 1.165) is 38.3 Å². The molecule has 28 heavy (non-hydrogen) atoms. The molecule has 0 spiro atoms. The highest BCUT2D eigenvalue weighted by molar-refractivity contribution is 7.21. The lowest BCUT2D eigenvalue weighted by atomic mass is 10.2. The van der Waals surface area contributed by atoms with Crippen molar-refractivity contribution in [3.8, 4) is 0 Å². The Hall–Kier alpha value is -3.40. The minimum absolute atomic E-state index is 0.0317. The molecule has 3 aromatic rings. The number of amides is 1. The molecule has 0 unspecified atom stereocenters. The molecule has 0 atom stereocenters. The Morgan fingerprint density at radius 3 is 2.50 bits per heavy atom. The summed E-state index contributed by atoms with van der Waals surface area (Å²) < 4.78 is 0.702. The number of anilines is 1. The van der Waals surface area contributed by atoms with Gasteiger partial charge in [-0.25, -0.2) is 4.98 Å². The minimum Gasteiger partial charge on any atom is -0.368 e. The van der Waals surface area contributed by atoms with Gasteiger partial charge in [0.05, 0.1) is 20.8 Å². The molecule has 0 N–H and O–H groups in total. The molecule has 0 bridgehead atoms. The molecule has 1 aromatic heterocycles. The van der Waals surface area contributed by atoms with E-state index in [9.17, 15) is 14.9 Å². The van der Waals surface area contributed by atoms with E-state index in [4.69, 9.17) is 0 Å². The first kappa shape index (κ1) is 18.0. The van der Waals surface area contributed by atoms with Gasteiger partial charge in [0.25, 0.3) is 5.69 Å². The number of rotatable bonds is 5. The third-order valence-corrected chi connectivity index (χ3v) is 5.40. The number of nitro benzene ring substituents is 1. The van der Waals surface area contributed by atoms with Crippen molar-refractivity contribution in [1.29, 1.82) is 0 Å². The van der Waals surface area contributed by atoms with Gasteiger partial charge >= 0.3 is 0 Å². The predicted molar refractivity (Wildman–Crippen MR) is 107 cm³/mol.